The molecule has 3 rings (SSSR count). The lowest BCUT2D eigenvalue weighted by Gasteiger charge is -2.17. The summed E-state index contributed by atoms with van der Waals surface area (Å²) in [6.07, 6.45) is 9.30. The average molecular weight is 313 g/mol. The van der Waals surface area contributed by atoms with Crippen LogP contribution in [0.15, 0.2) is 30.5 Å². The summed E-state index contributed by atoms with van der Waals surface area (Å²) in [5.41, 5.74) is 0.823. The molecular weight excluding hydrogens is 290 g/mol. The molecule has 0 atom stereocenters. The summed E-state index contributed by atoms with van der Waals surface area (Å²) in [5, 5.41) is 14.8. The first-order chi connectivity index (χ1) is 11.3. The molecule has 0 unspecified atom stereocenters. The van der Waals surface area contributed by atoms with E-state index in [1.54, 1.807) is 13.3 Å². The molecular formula is C17H23N5O. The molecule has 1 fully saturated rings. The number of benzene rings is 1. The molecule has 1 heterocycles. The zero-order chi connectivity index (χ0) is 15.9. The molecule has 1 aromatic carbocycles. The van der Waals surface area contributed by atoms with Gasteiger partial charge in [-0.2, -0.15) is 10.1 Å². The van der Waals surface area contributed by atoms with Crippen molar-refractivity contribution in [2.24, 2.45) is 0 Å². The molecule has 0 saturated heterocycles. The molecule has 0 aliphatic heterocycles. The van der Waals surface area contributed by atoms with Gasteiger partial charge in [0.15, 0.2) is 5.82 Å². The molecule has 1 saturated carbocycles. The van der Waals surface area contributed by atoms with E-state index in [1.807, 2.05) is 24.3 Å². The van der Waals surface area contributed by atoms with E-state index in [2.05, 4.69) is 25.8 Å². The van der Waals surface area contributed by atoms with Crippen LogP contribution in [0.1, 0.15) is 38.5 Å². The van der Waals surface area contributed by atoms with Crippen molar-refractivity contribution in [2.45, 2.75) is 44.6 Å². The number of aromatic nitrogens is 3. The van der Waals surface area contributed by atoms with E-state index in [4.69, 9.17) is 4.74 Å². The van der Waals surface area contributed by atoms with Crippen molar-refractivity contribution in [3.63, 3.8) is 0 Å². The van der Waals surface area contributed by atoms with Crippen molar-refractivity contribution in [1.82, 2.24) is 15.2 Å². The Morgan fingerprint density at radius 3 is 2.65 bits per heavy atom. The van der Waals surface area contributed by atoms with Crippen LogP contribution >= 0.6 is 0 Å². The third-order valence-corrected chi connectivity index (χ3v) is 4.12. The maximum atomic E-state index is 5.33. The Balaban J connectivity index is 1.69. The van der Waals surface area contributed by atoms with Crippen molar-refractivity contribution in [2.75, 3.05) is 17.7 Å². The van der Waals surface area contributed by atoms with Crippen molar-refractivity contribution in [3.8, 4) is 5.75 Å². The second-order valence-electron chi connectivity index (χ2n) is 5.82. The lowest BCUT2D eigenvalue weighted by molar-refractivity contribution is 0.417. The van der Waals surface area contributed by atoms with Crippen LogP contribution in [0, 0.1) is 0 Å². The second-order valence-corrected chi connectivity index (χ2v) is 5.82. The molecule has 1 aromatic heterocycles. The zero-order valence-corrected chi connectivity index (χ0v) is 13.5. The lowest BCUT2D eigenvalue weighted by Crippen LogP contribution is -2.19. The smallest absolute Gasteiger partial charge is 0.249 e. The maximum absolute atomic E-state index is 5.33. The third kappa shape index (κ3) is 4.31. The number of hydrogen-bond acceptors (Lipinski definition) is 6. The number of anilines is 3. The van der Waals surface area contributed by atoms with Crippen LogP contribution in [0.2, 0.25) is 0 Å². The largest absolute Gasteiger partial charge is 0.495 e. The van der Waals surface area contributed by atoms with Crippen LogP contribution in [0.4, 0.5) is 17.5 Å². The van der Waals surface area contributed by atoms with Gasteiger partial charge < -0.3 is 15.4 Å². The standard InChI is InChI=1S/C17H23N5O/c1-23-15-11-7-6-10-14(15)20-17-21-16(12-18-22-17)19-13-8-4-2-3-5-9-13/h6-7,10-13H,2-5,8-9H2,1H3,(H2,19,20,21,22). The topological polar surface area (TPSA) is 72.0 Å². The van der Waals surface area contributed by atoms with E-state index in [-0.39, 0.29) is 0 Å². The predicted octanol–water partition coefficient (Wildman–Crippen LogP) is 3.76. The summed E-state index contributed by atoms with van der Waals surface area (Å²) in [6.45, 7) is 0. The van der Waals surface area contributed by atoms with Crippen LogP contribution in [-0.2, 0) is 0 Å². The van der Waals surface area contributed by atoms with Gasteiger partial charge >= 0.3 is 0 Å². The van der Waals surface area contributed by atoms with Crippen LogP contribution in [0.3, 0.4) is 0 Å². The zero-order valence-electron chi connectivity index (χ0n) is 13.5. The minimum absolute atomic E-state index is 0.466. The van der Waals surface area contributed by atoms with Gasteiger partial charge in [0, 0.05) is 6.04 Å². The van der Waals surface area contributed by atoms with Crippen LogP contribution in [0.5, 0.6) is 5.75 Å². The molecule has 1 aliphatic rings. The molecule has 0 amide bonds. The van der Waals surface area contributed by atoms with E-state index in [1.165, 1.54) is 38.5 Å². The molecule has 0 bridgehead atoms. The minimum atomic E-state index is 0.466. The van der Waals surface area contributed by atoms with Gasteiger partial charge in [0.1, 0.15) is 5.75 Å². The van der Waals surface area contributed by atoms with Gasteiger partial charge in [0.2, 0.25) is 5.95 Å². The summed E-state index contributed by atoms with van der Waals surface area (Å²) in [4.78, 5) is 4.52. The lowest BCUT2D eigenvalue weighted by atomic mass is 10.1. The van der Waals surface area contributed by atoms with E-state index < -0.39 is 0 Å². The molecule has 0 spiro atoms. The first-order valence-electron chi connectivity index (χ1n) is 8.21. The molecule has 23 heavy (non-hydrogen) atoms. The van der Waals surface area contributed by atoms with Gasteiger partial charge in [-0.3, -0.25) is 0 Å². The van der Waals surface area contributed by atoms with Crippen molar-refractivity contribution in [1.29, 1.82) is 0 Å². The highest BCUT2D eigenvalue weighted by Crippen LogP contribution is 2.26. The predicted molar refractivity (Wildman–Crippen MR) is 91.2 cm³/mol. The fourth-order valence-electron chi connectivity index (χ4n) is 2.93. The van der Waals surface area contributed by atoms with Crippen LogP contribution < -0.4 is 15.4 Å². The van der Waals surface area contributed by atoms with Gasteiger partial charge in [0.25, 0.3) is 0 Å². The Morgan fingerprint density at radius 1 is 1.09 bits per heavy atom. The molecule has 2 N–H and O–H groups in total. The van der Waals surface area contributed by atoms with E-state index >= 15 is 0 Å². The van der Waals surface area contributed by atoms with Gasteiger partial charge in [-0.15, -0.1) is 5.10 Å². The second kappa shape index (κ2) is 7.76. The Labute approximate surface area is 136 Å². The van der Waals surface area contributed by atoms with Crippen LogP contribution in [0.25, 0.3) is 0 Å². The molecule has 1 aliphatic carbocycles. The third-order valence-electron chi connectivity index (χ3n) is 4.12. The average Bonchev–Trinajstić information content (AvgIpc) is 2.84. The number of nitrogens with one attached hydrogen (secondary N) is 2. The summed E-state index contributed by atoms with van der Waals surface area (Å²) in [5.74, 6) is 1.98. The van der Waals surface area contributed by atoms with E-state index in [9.17, 15) is 0 Å². The first kappa shape index (κ1) is 15.5. The Hall–Kier alpha value is -2.37. The van der Waals surface area contributed by atoms with Crippen molar-refractivity contribution < 1.29 is 4.74 Å². The van der Waals surface area contributed by atoms with E-state index in [0.717, 1.165) is 17.3 Å². The highest BCUT2D eigenvalue weighted by Gasteiger charge is 2.13. The Bertz CT molecular complexity index is 626. The fraction of sp³-hybridized carbons (Fsp3) is 0.471. The SMILES string of the molecule is COc1ccccc1Nc1nncc(NC2CCCCCC2)n1. The van der Waals surface area contributed by atoms with Crippen molar-refractivity contribution >= 4 is 17.5 Å². The van der Waals surface area contributed by atoms with Gasteiger partial charge in [-0.25, -0.2) is 0 Å². The monoisotopic (exact) mass is 313 g/mol. The number of nitrogens with zero attached hydrogens (tertiary/aromatic N) is 3. The Morgan fingerprint density at radius 2 is 1.87 bits per heavy atom. The molecule has 122 valence electrons. The van der Waals surface area contributed by atoms with Crippen molar-refractivity contribution in [3.05, 3.63) is 30.5 Å². The number of hydrogen-bond donors (Lipinski definition) is 2. The molecule has 6 heteroatoms. The number of rotatable bonds is 5. The summed E-state index contributed by atoms with van der Waals surface area (Å²) >= 11 is 0. The highest BCUT2D eigenvalue weighted by atomic mass is 16.5. The number of para-hydroxylation sites is 2. The van der Waals surface area contributed by atoms with Gasteiger partial charge in [0.05, 0.1) is 19.0 Å². The number of ether oxygens (including phenoxy) is 1. The number of methoxy groups -OCH3 is 1. The first-order valence-corrected chi connectivity index (χ1v) is 8.21. The Kier molecular flexibility index (Phi) is 5.24. The molecule has 2 aromatic rings. The molecule has 6 nitrogen and oxygen atoms in total. The minimum Gasteiger partial charge on any atom is -0.495 e. The fourth-order valence-corrected chi connectivity index (χ4v) is 2.93. The summed E-state index contributed by atoms with van der Waals surface area (Å²) < 4.78 is 5.33. The van der Waals surface area contributed by atoms with Gasteiger partial charge in [-0.1, -0.05) is 37.8 Å². The molecule has 0 radical (unpaired) electrons. The quantitative estimate of drug-likeness (QED) is 0.819. The maximum Gasteiger partial charge on any atom is 0.249 e. The van der Waals surface area contributed by atoms with E-state index in [0.29, 0.717) is 12.0 Å². The highest BCUT2D eigenvalue weighted by molar-refractivity contribution is 5.62. The summed E-state index contributed by atoms with van der Waals surface area (Å²) in [7, 11) is 1.64. The normalized spacial score (nSPS) is 15.7. The summed E-state index contributed by atoms with van der Waals surface area (Å²) in [6, 6.07) is 8.16. The van der Waals surface area contributed by atoms with Gasteiger partial charge in [-0.05, 0) is 25.0 Å². The van der Waals surface area contributed by atoms with Crippen LogP contribution in [-0.4, -0.2) is 28.3 Å².